The summed E-state index contributed by atoms with van der Waals surface area (Å²) in [6.45, 7) is 2.65. The van der Waals surface area contributed by atoms with Crippen LogP contribution in [0.25, 0.3) is 0 Å². The molecule has 0 amide bonds. The summed E-state index contributed by atoms with van der Waals surface area (Å²) in [7, 11) is 0. The van der Waals surface area contributed by atoms with E-state index in [1.807, 2.05) is 24.3 Å². The first kappa shape index (κ1) is 16.2. The Bertz CT molecular complexity index is 573. The average molecular weight is 311 g/mol. The number of hydrogen-bond donors (Lipinski definition) is 1. The number of benzene rings is 2. The van der Waals surface area contributed by atoms with E-state index < -0.39 is 0 Å². The van der Waals surface area contributed by atoms with Crippen LogP contribution >= 0.6 is 0 Å². The minimum Gasteiger partial charge on any atom is -0.395 e. The third kappa shape index (κ3) is 4.41. The largest absolute Gasteiger partial charge is 0.395 e. The average Bonchev–Trinajstić information content (AvgIpc) is 2.62. The zero-order valence-corrected chi connectivity index (χ0v) is 13.5. The van der Waals surface area contributed by atoms with Crippen LogP contribution in [-0.2, 0) is 17.9 Å². The van der Waals surface area contributed by atoms with Gasteiger partial charge in [-0.3, -0.25) is 4.90 Å². The summed E-state index contributed by atoms with van der Waals surface area (Å²) >= 11 is 0. The van der Waals surface area contributed by atoms with Gasteiger partial charge in [-0.2, -0.15) is 0 Å². The van der Waals surface area contributed by atoms with Gasteiger partial charge in [0.05, 0.1) is 25.4 Å². The van der Waals surface area contributed by atoms with Crippen molar-refractivity contribution in [3.05, 3.63) is 71.8 Å². The van der Waals surface area contributed by atoms with Crippen molar-refractivity contribution in [2.75, 3.05) is 13.2 Å². The molecule has 0 unspecified atom stereocenters. The zero-order chi connectivity index (χ0) is 15.9. The molecule has 1 saturated heterocycles. The Morgan fingerprint density at radius 3 is 2.26 bits per heavy atom. The van der Waals surface area contributed by atoms with Gasteiger partial charge in [0.25, 0.3) is 0 Å². The summed E-state index contributed by atoms with van der Waals surface area (Å²) < 4.78 is 6.14. The summed E-state index contributed by atoms with van der Waals surface area (Å²) in [5.41, 5.74) is 2.47. The van der Waals surface area contributed by atoms with Crippen LogP contribution in [0, 0.1) is 0 Å². The van der Waals surface area contributed by atoms with Crippen LogP contribution in [0.4, 0.5) is 0 Å². The van der Waals surface area contributed by atoms with Crippen LogP contribution < -0.4 is 0 Å². The molecule has 3 heteroatoms. The van der Waals surface area contributed by atoms with E-state index in [9.17, 15) is 5.11 Å². The molecule has 3 rings (SSSR count). The first-order valence-electron chi connectivity index (χ1n) is 8.41. The molecule has 0 aromatic heterocycles. The lowest BCUT2D eigenvalue weighted by Gasteiger charge is -2.40. The van der Waals surface area contributed by atoms with Gasteiger partial charge in [-0.05, 0) is 30.5 Å². The number of likely N-dealkylation sites (tertiary alicyclic amines) is 1. The van der Waals surface area contributed by atoms with E-state index in [1.165, 1.54) is 11.1 Å². The van der Waals surface area contributed by atoms with Crippen LogP contribution in [-0.4, -0.2) is 35.3 Å². The van der Waals surface area contributed by atoms with Crippen molar-refractivity contribution in [2.45, 2.75) is 38.1 Å². The third-order valence-electron chi connectivity index (χ3n) is 4.55. The van der Waals surface area contributed by atoms with Gasteiger partial charge >= 0.3 is 0 Å². The zero-order valence-electron chi connectivity index (χ0n) is 13.5. The fraction of sp³-hybridized carbons (Fsp3) is 0.400. The molecule has 122 valence electrons. The maximum Gasteiger partial charge on any atom is 0.0757 e. The first-order chi connectivity index (χ1) is 11.4. The molecule has 0 saturated carbocycles. The van der Waals surface area contributed by atoms with Gasteiger partial charge in [-0.1, -0.05) is 60.7 Å². The maximum absolute atomic E-state index is 9.89. The molecule has 3 nitrogen and oxygen atoms in total. The van der Waals surface area contributed by atoms with Gasteiger partial charge in [-0.25, -0.2) is 0 Å². The fourth-order valence-electron chi connectivity index (χ4n) is 3.31. The molecular formula is C20H25NO2. The second kappa shape index (κ2) is 8.25. The standard InChI is InChI=1S/C20H25NO2/c22-15-19-20(23-16-18-10-5-2-6-11-18)12-7-13-21(19)14-17-8-3-1-4-9-17/h1-6,8-11,19-20,22H,7,12-16H2/t19-,20-/m0/s1. The predicted octanol–water partition coefficient (Wildman–Crippen LogP) is 3.23. The van der Waals surface area contributed by atoms with E-state index in [4.69, 9.17) is 4.74 Å². The quantitative estimate of drug-likeness (QED) is 0.889. The van der Waals surface area contributed by atoms with E-state index >= 15 is 0 Å². The highest BCUT2D eigenvalue weighted by Gasteiger charge is 2.31. The summed E-state index contributed by atoms with van der Waals surface area (Å²) in [4.78, 5) is 2.36. The van der Waals surface area contributed by atoms with Crippen molar-refractivity contribution in [1.82, 2.24) is 4.90 Å². The molecule has 1 fully saturated rings. The molecule has 2 atom stereocenters. The minimum absolute atomic E-state index is 0.0765. The fourth-order valence-corrected chi connectivity index (χ4v) is 3.31. The number of nitrogens with zero attached hydrogens (tertiary/aromatic N) is 1. The highest BCUT2D eigenvalue weighted by molar-refractivity contribution is 5.15. The van der Waals surface area contributed by atoms with Crippen molar-refractivity contribution in [3.63, 3.8) is 0 Å². The van der Waals surface area contributed by atoms with Crippen LogP contribution in [0.5, 0.6) is 0 Å². The first-order valence-corrected chi connectivity index (χ1v) is 8.41. The summed E-state index contributed by atoms with van der Waals surface area (Å²) in [6, 6.07) is 20.8. The lowest BCUT2D eigenvalue weighted by atomic mass is 9.98. The molecule has 1 N–H and O–H groups in total. The van der Waals surface area contributed by atoms with Crippen molar-refractivity contribution in [1.29, 1.82) is 0 Å². The molecule has 0 radical (unpaired) electrons. The summed E-state index contributed by atoms with van der Waals surface area (Å²) in [5, 5.41) is 9.89. The lowest BCUT2D eigenvalue weighted by Crippen LogP contribution is -2.50. The Morgan fingerprint density at radius 2 is 1.61 bits per heavy atom. The Balaban J connectivity index is 1.61. The Hall–Kier alpha value is -1.68. The molecule has 0 aliphatic carbocycles. The van der Waals surface area contributed by atoms with Gasteiger partial charge in [-0.15, -0.1) is 0 Å². The normalized spacial score (nSPS) is 22.1. The van der Waals surface area contributed by atoms with Gasteiger partial charge in [0, 0.05) is 6.54 Å². The smallest absolute Gasteiger partial charge is 0.0757 e. The molecule has 2 aromatic carbocycles. The molecule has 1 heterocycles. The van der Waals surface area contributed by atoms with Gasteiger partial charge in [0.2, 0.25) is 0 Å². The topological polar surface area (TPSA) is 32.7 Å². The predicted molar refractivity (Wildman–Crippen MR) is 92.0 cm³/mol. The minimum atomic E-state index is 0.0765. The highest BCUT2D eigenvalue weighted by atomic mass is 16.5. The number of hydrogen-bond acceptors (Lipinski definition) is 3. The van der Waals surface area contributed by atoms with Crippen molar-refractivity contribution < 1.29 is 9.84 Å². The molecule has 1 aliphatic heterocycles. The van der Waals surface area contributed by atoms with E-state index in [-0.39, 0.29) is 18.8 Å². The molecule has 1 aliphatic rings. The monoisotopic (exact) mass is 311 g/mol. The second-order valence-electron chi connectivity index (χ2n) is 6.18. The Labute approximate surface area is 138 Å². The Kier molecular flexibility index (Phi) is 5.81. The number of piperidine rings is 1. The lowest BCUT2D eigenvalue weighted by molar-refractivity contribution is -0.0695. The van der Waals surface area contributed by atoms with Crippen LogP contribution in [0.2, 0.25) is 0 Å². The molecule has 0 spiro atoms. The molecule has 2 aromatic rings. The van der Waals surface area contributed by atoms with Crippen molar-refractivity contribution in [2.24, 2.45) is 0 Å². The summed E-state index contributed by atoms with van der Waals surface area (Å²) in [5.74, 6) is 0. The SMILES string of the molecule is OC[C@H]1[C@@H](OCc2ccccc2)CCCN1Cc1ccccc1. The van der Waals surface area contributed by atoms with Gasteiger partial charge in [0.1, 0.15) is 0 Å². The molecular weight excluding hydrogens is 286 g/mol. The number of aliphatic hydroxyl groups excluding tert-OH is 1. The molecule has 0 bridgehead atoms. The second-order valence-corrected chi connectivity index (χ2v) is 6.18. The van der Waals surface area contributed by atoms with E-state index in [1.54, 1.807) is 0 Å². The number of aliphatic hydroxyl groups is 1. The highest BCUT2D eigenvalue weighted by Crippen LogP contribution is 2.23. The van der Waals surface area contributed by atoms with Crippen LogP contribution in [0.15, 0.2) is 60.7 Å². The van der Waals surface area contributed by atoms with E-state index in [0.29, 0.717) is 6.61 Å². The Morgan fingerprint density at radius 1 is 0.957 bits per heavy atom. The number of rotatable bonds is 6. The van der Waals surface area contributed by atoms with Gasteiger partial charge in [0.15, 0.2) is 0 Å². The van der Waals surface area contributed by atoms with Gasteiger partial charge < -0.3 is 9.84 Å². The maximum atomic E-state index is 9.89. The van der Waals surface area contributed by atoms with E-state index in [0.717, 1.165) is 25.9 Å². The van der Waals surface area contributed by atoms with Crippen molar-refractivity contribution >= 4 is 0 Å². The van der Waals surface area contributed by atoms with E-state index in [2.05, 4.69) is 41.3 Å². The van der Waals surface area contributed by atoms with Crippen molar-refractivity contribution in [3.8, 4) is 0 Å². The van der Waals surface area contributed by atoms with Crippen LogP contribution in [0.1, 0.15) is 24.0 Å². The number of ether oxygens (including phenoxy) is 1. The summed E-state index contributed by atoms with van der Waals surface area (Å²) in [6.07, 6.45) is 2.23. The van der Waals surface area contributed by atoms with Crippen LogP contribution in [0.3, 0.4) is 0 Å². The molecule has 23 heavy (non-hydrogen) atoms. The third-order valence-corrected chi connectivity index (χ3v) is 4.55.